The molecular formula is C34H29N3O2. The number of nitrogens with zero attached hydrogens (tertiary/aromatic N) is 3. The first kappa shape index (κ1) is 26.8. The van der Waals surface area contributed by atoms with E-state index in [4.69, 9.17) is 4.98 Å². The van der Waals surface area contributed by atoms with Gasteiger partial charge in [-0.15, -0.1) is 0 Å². The van der Waals surface area contributed by atoms with Crippen LogP contribution in [0.1, 0.15) is 18.1 Å². The zero-order valence-electron chi connectivity index (χ0n) is 21.7. The summed E-state index contributed by atoms with van der Waals surface area (Å²) in [6, 6.07) is 20.0. The minimum Gasteiger partial charge on any atom is -0.508 e. The Morgan fingerprint density at radius 1 is 0.667 bits per heavy atom. The van der Waals surface area contributed by atoms with Gasteiger partial charge in [0.15, 0.2) is 17.5 Å². The Bertz CT molecular complexity index is 1610. The molecule has 39 heavy (non-hydrogen) atoms. The van der Waals surface area contributed by atoms with Crippen LogP contribution < -0.4 is 0 Å². The Labute approximate surface area is 228 Å². The normalized spacial score (nSPS) is 11.9. The molecule has 0 aliphatic heterocycles. The molecule has 4 aromatic rings. The quantitative estimate of drug-likeness (QED) is 0.222. The maximum absolute atomic E-state index is 10.5. The third-order valence-electron chi connectivity index (χ3n) is 6.02. The van der Waals surface area contributed by atoms with Crippen LogP contribution in [0, 0.1) is 0 Å². The van der Waals surface area contributed by atoms with Crippen LogP contribution in [0.3, 0.4) is 0 Å². The van der Waals surface area contributed by atoms with E-state index in [-0.39, 0.29) is 11.5 Å². The first-order valence-electron chi connectivity index (χ1n) is 12.4. The van der Waals surface area contributed by atoms with Crippen LogP contribution in [-0.2, 0) is 0 Å². The fourth-order valence-electron chi connectivity index (χ4n) is 3.98. The second-order valence-corrected chi connectivity index (χ2v) is 8.58. The van der Waals surface area contributed by atoms with Crippen molar-refractivity contribution < 1.29 is 10.2 Å². The predicted octanol–water partition coefficient (Wildman–Crippen LogP) is 8.18. The van der Waals surface area contributed by atoms with Crippen molar-refractivity contribution >= 4 is 11.1 Å². The van der Waals surface area contributed by atoms with E-state index in [1.165, 1.54) is 12.1 Å². The molecule has 0 aliphatic carbocycles. The molecule has 2 N–H and O–H groups in total. The smallest absolute Gasteiger partial charge is 0.167 e. The van der Waals surface area contributed by atoms with Crippen LogP contribution in [0.25, 0.3) is 45.3 Å². The molecule has 5 heteroatoms. The number of aromatic hydroxyl groups is 2. The van der Waals surface area contributed by atoms with Crippen molar-refractivity contribution in [3.8, 4) is 45.7 Å². The van der Waals surface area contributed by atoms with Crippen molar-refractivity contribution in [1.82, 2.24) is 15.0 Å². The van der Waals surface area contributed by atoms with Crippen LogP contribution in [0.15, 0.2) is 129 Å². The molecule has 192 valence electrons. The molecular weight excluding hydrogens is 482 g/mol. The van der Waals surface area contributed by atoms with Crippen LogP contribution >= 0.6 is 0 Å². The van der Waals surface area contributed by atoms with Crippen molar-refractivity contribution in [3.63, 3.8) is 0 Å². The fraction of sp³-hybridized carbons (Fsp3) is 0.0294. The minimum absolute atomic E-state index is 0.0495. The first-order chi connectivity index (χ1) is 19.0. The standard InChI is InChI=1S/C34H29N3O2/c1-5-9-11-24(8-4)26-14-18-28(19-15-26)33-35-32(27-16-12-25(13-17-27)23(7-3)10-6-2)36-34(37-33)30-21-20-29(38)22-31(30)39/h5-22,38-39H,2-4H2,1H3/b9-5-,23-10+,24-11+. The van der Waals surface area contributed by atoms with Crippen molar-refractivity contribution in [2.24, 2.45) is 0 Å². The average molecular weight is 512 g/mol. The summed E-state index contributed by atoms with van der Waals surface area (Å²) in [7, 11) is 0. The number of aromatic nitrogens is 3. The summed E-state index contributed by atoms with van der Waals surface area (Å²) in [5.74, 6) is 1.02. The van der Waals surface area contributed by atoms with Gasteiger partial charge in [0.25, 0.3) is 0 Å². The highest BCUT2D eigenvalue weighted by Crippen LogP contribution is 2.33. The lowest BCUT2D eigenvalue weighted by molar-refractivity contribution is 0.451. The molecule has 0 unspecified atom stereocenters. The number of benzene rings is 3. The predicted molar refractivity (Wildman–Crippen MR) is 161 cm³/mol. The van der Waals surface area contributed by atoms with Crippen LogP contribution in [0.4, 0.5) is 0 Å². The lowest BCUT2D eigenvalue weighted by Gasteiger charge is -2.11. The van der Waals surface area contributed by atoms with E-state index in [0.717, 1.165) is 33.4 Å². The number of hydrogen-bond acceptors (Lipinski definition) is 5. The van der Waals surface area contributed by atoms with Gasteiger partial charge in [-0.1, -0.05) is 111 Å². The van der Waals surface area contributed by atoms with E-state index in [1.54, 1.807) is 18.2 Å². The van der Waals surface area contributed by atoms with Gasteiger partial charge >= 0.3 is 0 Å². The summed E-state index contributed by atoms with van der Waals surface area (Å²) in [6.45, 7) is 13.5. The highest BCUT2D eigenvalue weighted by atomic mass is 16.3. The summed E-state index contributed by atoms with van der Waals surface area (Å²) >= 11 is 0. The minimum atomic E-state index is -0.126. The van der Waals surface area contributed by atoms with Gasteiger partial charge in [-0.25, -0.2) is 15.0 Å². The number of rotatable bonds is 9. The van der Waals surface area contributed by atoms with Gasteiger partial charge in [0.2, 0.25) is 0 Å². The zero-order chi connectivity index (χ0) is 27.8. The third kappa shape index (κ3) is 6.17. The monoisotopic (exact) mass is 511 g/mol. The van der Waals surface area contributed by atoms with Gasteiger partial charge in [-0.3, -0.25) is 0 Å². The number of phenols is 2. The molecule has 5 nitrogen and oxygen atoms in total. The molecule has 0 saturated heterocycles. The Balaban J connectivity index is 1.83. The van der Waals surface area contributed by atoms with Crippen LogP contribution in [-0.4, -0.2) is 25.2 Å². The highest BCUT2D eigenvalue weighted by molar-refractivity contribution is 5.78. The van der Waals surface area contributed by atoms with Gasteiger partial charge in [-0.05, 0) is 41.3 Å². The van der Waals surface area contributed by atoms with Crippen LogP contribution in [0.2, 0.25) is 0 Å². The molecule has 0 fully saturated rings. The summed E-state index contributed by atoms with van der Waals surface area (Å²) in [4.78, 5) is 14.1. The van der Waals surface area contributed by atoms with Crippen molar-refractivity contribution in [2.45, 2.75) is 6.92 Å². The second kappa shape index (κ2) is 12.3. The average Bonchev–Trinajstić information content (AvgIpc) is 2.96. The zero-order valence-corrected chi connectivity index (χ0v) is 21.7. The number of hydrogen-bond donors (Lipinski definition) is 2. The van der Waals surface area contributed by atoms with Gasteiger partial charge in [0.1, 0.15) is 11.5 Å². The van der Waals surface area contributed by atoms with E-state index >= 15 is 0 Å². The van der Waals surface area contributed by atoms with E-state index in [9.17, 15) is 10.2 Å². The second-order valence-electron chi connectivity index (χ2n) is 8.58. The molecule has 0 saturated carbocycles. The molecule has 1 aromatic heterocycles. The Kier molecular flexibility index (Phi) is 8.44. The van der Waals surface area contributed by atoms with Crippen LogP contribution in [0.5, 0.6) is 11.5 Å². The number of allylic oxidation sites excluding steroid dienone is 9. The molecule has 0 spiro atoms. The largest absolute Gasteiger partial charge is 0.508 e. The fourth-order valence-corrected chi connectivity index (χ4v) is 3.98. The van der Waals surface area contributed by atoms with Gasteiger partial charge < -0.3 is 10.2 Å². The van der Waals surface area contributed by atoms with E-state index in [1.807, 2.05) is 85.8 Å². The lowest BCUT2D eigenvalue weighted by Crippen LogP contribution is -2.00. The van der Waals surface area contributed by atoms with E-state index < -0.39 is 0 Å². The highest BCUT2D eigenvalue weighted by Gasteiger charge is 2.15. The van der Waals surface area contributed by atoms with Gasteiger partial charge in [0, 0.05) is 17.2 Å². The summed E-state index contributed by atoms with van der Waals surface area (Å²) in [5.41, 5.74) is 5.90. The van der Waals surface area contributed by atoms with Gasteiger partial charge in [0.05, 0.1) is 5.56 Å². The van der Waals surface area contributed by atoms with Crippen molar-refractivity contribution in [2.75, 3.05) is 0 Å². The Morgan fingerprint density at radius 2 is 1.18 bits per heavy atom. The molecule has 0 amide bonds. The molecule has 3 aromatic carbocycles. The first-order valence-corrected chi connectivity index (χ1v) is 12.4. The summed E-state index contributed by atoms with van der Waals surface area (Å²) in [6.07, 6.45) is 13.1. The molecule has 4 rings (SSSR count). The van der Waals surface area contributed by atoms with Crippen molar-refractivity contribution in [1.29, 1.82) is 0 Å². The topological polar surface area (TPSA) is 79.1 Å². The third-order valence-corrected chi connectivity index (χ3v) is 6.02. The molecule has 0 aliphatic rings. The molecule has 0 atom stereocenters. The van der Waals surface area contributed by atoms with E-state index in [0.29, 0.717) is 23.0 Å². The summed E-state index contributed by atoms with van der Waals surface area (Å²) < 4.78 is 0. The maximum Gasteiger partial charge on any atom is 0.167 e. The Hall–Kier alpha value is -5.29. The van der Waals surface area contributed by atoms with Gasteiger partial charge in [-0.2, -0.15) is 0 Å². The maximum atomic E-state index is 10.5. The van der Waals surface area contributed by atoms with E-state index in [2.05, 4.69) is 29.7 Å². The number of phenolic OH excluding ortho intramolecular Hbond substituents is 2. The SMILES string of the molecule is C=C/C=C(\C=C)c1ccc(-c2nc(-c3ccc(/C(C=C)=C/C=C\C)cc3)nc(-c3ccc(O)cc3O)n2)cc1. The van der Waals surface area contributed by atoms with Crippen molar-refractivity contribution in [3.05, 3.63) is 140 Å². The lowest BCUT2D eigenvalue weighted by atomic mass is 10.0. The molecule has 0 bridgehead atoms. The molecule has 0 radical (unpaired) electrons. The summed E-state index contributed by atoms with van der Waals surface area (Å²) in [5, 5.41) is 20.3. The molecule has 1 heterocycles. The Morgan fingerprint density at radius 3 is 1.64 bits per heavy atom.